The van der Waals surface area contributed by atoms with Crippen molar-refractivity contribution in [3.05, 3.63) is 29.8 Å². The zero-order chi connectivity index (χ0) is 15.3. The zero-order valence-corrected chi connectivity index (χ0v) is 12.7. The second kappa shape index (κ2) is 6.83. The minimum absolute atomic E-state index is 0.114. The molecule has 0 unspecified atom stereocenters. The van der Waals surface area contributed by atoms with Crippen molar-refractivity contribution < 1.29 is 18.3 Å². The highest BCUT2D eigenvalue weighted by Gasteiger charge is 2.20. The molecule has 1 N–H and O–H groups in total. The number of sulfonamides is 1. The molecule has 6 nitrogen and oxygen atoms in total. The molecule has 0 fully saturated rings. The van der Waals surface area contributed by atoms with E-state index in [1.165, 1.54) is 35.6 Å². The molecule has 0 spiro atoms. The second-order valence-corrected chi connectivity index (χ2v) is 6.89. The molecule has 1 aromatic rings. The van der Waals surface area contributed by atoms with Gasteiger partial charge in [-0.15, -0.1) is 0 Å². The molecule has 7 heteroatoms. The Balaban J connectivity index is 2.84. The van der Waals surface area contributed by atoms with E-state index in [9.17, 15) is 13.2 Å². The van der Waals surface area contributed by atoms with Gasteiger partial charge in [0.15, 0.2) is 0 Å². The average molecular weight is 300 g/mol. The topological polar surface area (TPSA) is 77.9 Å². The van der Waals surface area contributed by atoms with Gasteiger partial charge in [0.1, 0.15) is 0 Å². The predicted molar refractivity (Wildman–Crippen MR) is 76.2 cm³/mol. The van der Waals surface area contributed by atoms with Gasteiger partial charge in [-0.25, -0.2) is 8.42 Å². The van der Waals surface area contributed by atoms with E-state index >= 15 is 0 Å². The molecule has 0 saturated heterocycles. The van der Waals surface area contributed by atoms with Crippen molar-refractivity contribution in [2.24, 2.45) is 0 Å². The Morgan fingerprint density at radius 2 is 1.65 bits per heavy atom. The number of carbonyl (C=O) groups is 1. The number of nitrogens with zero attached hydrogens (tertiary/aromatic N) is 2. The van der Waals surface area contributed by atoms with Crippen LogP contribution >= 0.6 is 0 Å². The van der Waals surface area contributed by atoms with Gasteiger partial charge in [-0.05, 0) is 31.8 Å². The summed E-state index contributed by atoms with van der Waals surface area (Å²) in [6.07, 6.45) is -0.114. The molecule has 112 valence electrons. The second-order valence-electron chi connectivity index (χ2n) is 4.84. The van der Waals surface area contributed by atoms with Crippen LogP contribution in [-0.2, 0) is 21.2 Å². The van der Waals surface area contributed by atoms with Crippen molar-refractivity contribution in [3.63, 3.8) is 0 Å². The van der Waals surface area contributed by atoms with E-state index in [0.717, 1.165) is 0 Å². The van der Waals surface area contributed by atoms with E-state index < -0.39 is 16.0 Å². The molecule has 0 bridgehead atoms. The van der Waals surface area contributed by atoms with Crippen molar-refractivity contribution in [1.82, 2.24) is 9.21 Å². The molecule has 0 saturated carbocycles. The number of aliphatic carboxylic acids is 1. The third-order valence-corrected chi connectivity index (χ3v) is 4.72. The van der Waals surface area contributed by atoms with E-state index in [1.54, 1.807) is 0 Å². The fourth-order valence-corrected chi connectivity index (χ4v) is 2.76. The van der Waals surface area contributed by atoms with Crippen molar-refractivity contribution in [2.75, 3.05) is 34.2 Å². The van der Waals surface area contributed by atoms with Gasteiger partial charge in [-0.1, -0.05) is 12.1 Å². The van der Waals surface area contributed by atoms with Gasteiger partial charge in [-0.3, -0.25) is 4.79 Å². The summed E-state index contributed by atoms with van der Waals surface area (Å²) in [5, 5.41) is 8.68. The molecule has 0 amide bonds. The van der Waals surface area contributed by atoms with Crippen LogP contribution in [0.25, 0.3) is 0 Å². The minimum atomic E-state index is -3.52. The normalized spacial score (nSPS) is 12.1. The molecule has 20 heavy (non-hydrogen) atoms. The molecule has 0 aromatic heterocycles. The standard InChI is InChI=1S/C13H20N2O4S/c1-14(2)8-9-15(3)20(18,19)12-6-4-11(5-7-12)10-13(16)17/h4-7H,8-10H2,1-3H3,(H,16,17). The fraction of sp³-hybridized carbons (Fsp3) is 0.462. The van der Waals surface area contributed by atoms with Crippen molar-refractivity contribution in [2.45, 2.75) is 11.3 Å². The summed E-state index contributed by atoms with van der Waals surface area (Å²) in [5.74, 6) is -0.941. The smallest absolute Gasteiger partial charge is 0.307 e. The summed E-state index contributed by atoms with van der Waals surface area (Å²) < 4.78 is 25.8. The average Bonchev–Trinajstić information content (AvgIpc) is 2.35. The molecular formula is C13H20N2O4S. The number of likely N-dealkylation sites (N-methyl/N-ethyl adjacent to an activating group) is 2. The first-order valence-corrected chi connectivity index (χ1v) is 7.59. The van der Waals surface area contributed by atoms with Crippen LogP contribution < -0.4 is 0 Å². The van der Waals surface area contributed by atoms with Crippen molar-refractivity contribution >= 4 is 16.0 Å². The summed E-state index contributed by atoms with van der Waals surface area (Å²) in [5.41, 5.74) is 0.576. The Bertz CT molecular complexity index is 552. The molecule has 0 heterocycles. The summed E-state index contributed by atoms with van der Waals surface area (Å²) in [6, 6.07) is 5.95. The van der Waals surface area contributed by atoms with E-state index in [1.807, 2.05) is 19.0 Å². The van der Waals surface area contributed by atoms with Crippen LogP contribution in [0.2, 0.25) is 0 Å². The molecule has 0 aliphatic carbocycles. The van der Waals surface area contributed by atoms with Gasteiger partial charge < -0.3 is 10.0 Å². The largest absolute Gasteiger partial charge is 0.481 e. The van der Waals surface area contributed by atoms with Gasteiger partial charge >= 0.3 is 5.97 Å². The van der Waals surface area contributed by atoms with Crippen LogP contribution in [0.4, 0.5) is 0 Å². The number of carboxylic acids is 1. The van der Waals surface area contributed by atoms with Crippen molar-refractivity contribution in [3.8, 4) is 0 Å². The minimum Gasteiger partial charge on any atom is -0.481 e. The summed E-state index contributed by atoms with van der Waals surface area (Å²) in [4.78, 5) is 12.7. The third-order valence-electron chi connectivity index (χ3n) is 2.85. The third kappa shape index (κ3) is 4.59. The zero-order valence-electron chi connectivity index (χ0n) is 11.9. The van der Waals surface area contributed by atoms with Crippen LogP contribution in [0.3, 0.4) is 0 Å². The van der Waals surface area contributed by atoms with Crippen LogP contribution in [0.1, 0.15) is 5.56 Å². The first kappa shape index (κ1) is 16.6. The number of hydrogen-bond donors (Lipinski definition) is 1. The Hall–Kier alpha value is -1.44. The molecular weight excluding hydrogens is 280 g/mol. The fourth-order valence-electron chi connectivity index (χ4n) is 1.59. The predicted octanol–water partition coefficient (Wildman–Crippen LogP) is 0.496. The Labute approximate surface area is 119 Å². The van der Waals surface area contributed by atoms with E-state index in [4.69, 9.17) is 5.11 Å². The first-order chi connectivity index (χ1) is 9.23. The lowest BCUT2D eigenvalue weighted by molar-refractivity contribution is -0.136. The van der Waals surface area contributed by atoms with Crippen molar-refractivity contribution in [1.29, 1.82) is 0 Å². The number of carboxylic acid groups (broad SMARTS) is 1. The number of rotatable bonds is 7. The van der Waals surface area contributed by atoms with Crippen LogP contribution in [0, 0.1) is 0 Å². The lowest BCUT2D eigenvalue weighted by Gasteiger charge is -2.19. The molecule has 1 aromatic carbocycles. The number of hydrogen-bond acceptors (Lipinski definition) is 4. The molecule has 0 aliphatic rings. The lowest BCUT2D eigenvalue weighted by atomic mass is 10.2. The summed E-state index contributed by atoms with van der Waals surface area (Å²) in [6.45, 7) is 1.03. The Morgan fingerprint density at radius 3 is 2.10 bits per heavy atom. The van der Waals surface area contributed by atoms with Gasteiger partial charge in [0.2, 0.25) is 10.0 Å². The van der Waals surface area contributed by atoms with E-state index in [-0.39, 0.29) is 11.3 Å². The first-order valence-electron chi connectivity index (χ1n) is 6.15. The van der Waals surface area contributed by atoms with E-state index in [0.29, 0.717) is 18.7 Å². The maximum absolute atomic E-state index is 12.3. The monoisotopic (exact) mass is 300 g/mol. The van der Waals surface area contributed by atoms with Gasteiger partial charge in [-0.2, -0.15) is 4.31 Å². The van der Waals surface area contributed by atoms with Gasteiger partial charge in [0.25, 0.3) is 0 Å². The summed E-state index contributed by atoms with van der Waals surface area (Å²) in [7, 11) is 1.76. The number of benzene rings is 1. The highest BCUT2D eigenvalue weighted by molar-refractivity contribution is 7.89. The van der Waals surface area contributed by atoms with Crippen LogP contribution in [-0.4, -0.2) is 62.9 Å². The maximum atomic E-state index is 12.3. The van der Waals surface area contributed by atoms with Crippen LogP contribution in [0.5, 0.6) is 0 Å². The molecule has 0 radical (unpaired) electrons. The maximum Gasteiger partial charge on any atom is 0.307 e. The Kier molecular flexibility index (Phi) is 5.67. The highest BCUT2D eigenvalue weighted by atomic mass is 32.2. The van der Waals surface area contributed by atoms with Gasteiger partial charge in [0, 0.05) is 20.1 Å². The van der Waals surface area contributed by atoms with Crippen LogP contribution in [0.15, 0.2) is 29.2 Å². The molecule has 0 aliphatic heterocycles. The van der Waals surface area contributed by atoms with Gasteiger partial charge in [0.05, 0.1) is 11.3 Å². The molecule has 1 rings (SSSR count). The Morgan fingerprint density at radius 1 is 1.10 bits per heavy atom. The summed E-state index contributed by atoms with van der Waals surface area (Å²) >= 11 is 0. The highest BCUT2D eigenvalue weighted by Crippen LogP contribution is 2.15. The lowest BCUT2D eigenvalue weighted by Crippen LogP contribution is -2.33. The molecule has 0 atom stereocenters. The quantitative estimate of drug-likeness (QED) is 0.793. The van der Waals surface area contributed by atoms with E-state index in [2.05, 4.69) is 0 Å². The SMILES string of the molecule is CN(C)CCN(C)S(=O)(=O)c1ccc(CC(=O)O)cc1.